The maximum absolute atomic E-state index is 5.08. The second kappa shape index (κ2) is 4.45. The van der Waals surface area contributed by atoms with Crippen LogP contribution in [0, 0.1) is 0 Å². The van der Waals surface area contributed by atoms with Gasteiger partial charge in [-0.25, -0.2) is 0 Å². The molecule has 0 unspecified atom stereocenters. The van der Waals surface area contributed by atoms with E-state index in [1.165, 1.54) is 5.56 Å². The maximum atomic E-state index is 5.08. The fourth-order valence-electron chi connectivity index (χ4n) is 0.992. The van der Waals surface area contributed by atoms with E-state index in [0.29, 0.717) is 0 Å². The molecule has 0 spiro atoms. The Bertz CT molecular complexity index is 292. The molecule has 0 heterocycles. The molecule has 13 heavy (non-hydrogen) atoms. The fraction of sp³-hybridized carbons (Fsp3) is 0.300. The van der Waals surface area contributed by atoms with Crippen molar-refractivity contribution in [2.24, 2.45) is 0 Å². The summed E-state index contributed by atoms with van der Waals surface area (Å²) in [6, 6.07) is 7.97. The molecule has 70 valence electrons. The van der Waals surface area contributed by atoms with Gasteiger partial charge in [-0.2, -0.15) is 0 Å². The Kier molecular flexibility index (Phi) is 3.52. The summed E-state index contributed by atoms with van der Waals surface area (Å²) in [5.74, 6) is 0.885. The number of ether oxygens (including phenoxy) is 1. The Labute approximate surface area is 86.9 Å². The van der Waals surface area contributed by atoms with Crippen LogP contribution in [-0.2, 0) is 0 Å². The molecule has 2 nitrogen and oxygen atoms in total. The quantitative estimate of drug-likeness (QED) is 0.730. The van der Waals surface area contributed by atoms with Gasteiger partial charge in [0.2, 0.25) is 0 Å². The number of hydrogen-bond acceptors (Lipinski definition) is 2. The Morgan fingerprint density at radius 1 is 1.23 bits per heavy atom. The predicted molar refractivity (Wildman–Crippen MR) is 56.5 cm³/mol. The molecule has 0 saturated heterocycles. The Hall–Kier alpha value is -0.791. The average molecular weight is 242 g/mol. The number of rotatable bonds is 3. The van der Waals surface area contributed by atoms with Gasteiger partial charge in [0.25, 0.3) is 0 Å². The van der Waals surface area contributed by atoms with Crippen molar-refractivity contribution in [3.8, 4) is 5.75 Å². The summed E-state index contributed by atoms with van der Waals surface area (Å²) in [5, 5.41) is 0. The zero-order chi connectivity index (χ0) is 9.84. The van der Waals surface area contributed by atoms with Gasteiger partial charge < -0.3 is 0 Å². The van der Waals surface area contributed by atoms with Gasteiger partial charge in [-0.05, 0) is 0 Å². The van der Waals surface area contributed by atoms with Crippen LogP contribution in [0.25, 0.3) is 0 Å². The second-order valence-electron chi connectivity index (χ2n) is 2.93. The van der Waals surface area contributed by atoms with Crippen LogP contribution in [0.2, 0.25) is 0 Å². The van der Waals surface area contributed by atoms with Crippen LogP contribution < -0.4 is 4.74 Å². The third-order valence-electron chi connectivity index (χ3n) is 1.74. The van der Waals surface area contributed by atoms with Crippen molar-refractivity contribution in [3.05, 3.63) is 29.8 Å². The van der Waals surface area contributed by atoms with Crippen LogP contribution in [0.1, 0.15) is 5.56 Å². The number of nitrogens with zero attached hydrogens (tertiary/aromatic N) is 1. The summed E-state index contributed by atoms with van der Waals surface area (Å²) >= 11 is 3.03. The molecule has 0 bridgehead atoms. The van der Waals surface area contributed by atoms with Crippen molar-refractivity contribution in [1.29, 1.82) is 0 Å². The van der Waals surface area contributed by atoms with Gasteiger partial charge in [0.05, 0.1) is 0 Å². The molecule has 0 fully saturated rings. The summed E-state index contributed by atoms with van der Waals surface area (Å²) < 4.78 is 6.20. The first-order chi connectivity index (χ1) is 6.15. The third kappa shape index (κ3) is 2.58. The van der Waals surface area contributed by atoms with Gasteiger partial charge in [0.1, 0.15) is 0 Å². The number of methoxy groups -OCH3 is 1. The molecule has 0 aliphatic heterocycles. The van der Waals surface area contributed by atoms with Gasteiger partial charge >= 0.3 is 86.5 Å². The second-order valence-corrected chi connectivity index (χ2v) is 3.74. The summed E-state index contributed by atoms with van der Waals surface area (Å²) in [6.07, 6.45) is 0. The topological polar surface area (TPSA) is 12.5 Å². The standard InChI is InChI=1S/C10H13NOSe/c1-11(2)10(13)8-4-6-9(12-3)7-5-8/h4-7H,1-3H3. The van der Waals surface area contributed by atoms with Crippen LogP contribution in [0.5, 0.6) is 5.75 Å². The van der Waals surface area contributed by atoms with E-state index in [1.807, 2.05) is 43.3 Å². The summed E-state index contributed by atoms with van der Waals surface area (Å²) in [5.41, 5.74) is 1.17. The first-order valence-electron chi connectivity index (χ1n) is 4.01. The summed E-state index contributed by atoms with van der Waals surface area (Å²) in [6.45, 7) is 0. The van der Waals surface area contributed by atoms with E-state index in [2.05, 4.69) is 15.6 Å². The Balaban J connectivity index is 2.86. The zero-order valence-corrected chi connectivity index (χ0v) is 9.79. The number of benzene rings is 1. The minimum absolute atomic E-state index is 0.885. The molecule has 0 aliphatic rings. The predicted octanol–water partition coefficient (Wildman–Crippen LogP) is 0.903. The minimum atomic E-state index is 0.885. The van der Waals surface area contributed by atoms with Crippen molar-refractivity contribution in [2.75, 3.05) is 21.2 Å². The van der Waals surface area contributed by atoms with Crippen LogP contribution in [-0.4, -0.2) is 46.2 Å². The summed E-state index contributed by atoms with van der Waals surface area (Å²) in [4.78, 5) is 2.04. The Morgan fingerprint density at radius 3 is 2.15 bits per heavy atom. The molecule has 0 aliphatic carbocycles. The Morgan fingerprint density at radius 2 is 1.77 bits per heavy atom. The molecule has 0 atom stereocenters. The summed E-state index contributed by atoms with van der Waals surface area (Å²) in [7, 11) is 5.69. The molecule has 1 aromatic carbocycles. The van der Waals surface area contributed by atoms with Crippen LogP contribution in [0.3, 0.4) is 0 Å². The molecule has 0 N–H and O–H groups in total. The first-order valence-corrected chi connectivity index (χ1v) is 4.86. The van der Waals surface area contributed by atoms with Gasteiger partial charge in [-0.3, -0.25) is 0 Å². The van der Waals surface area contributed by atoms with Crippen LogP contribution in [0.15, 0.2) is 24.3 Å². The molecule has 1 rings (SSSR count). The SMILES string of the molecule is COc1ccc(C(=[Se])N(C)C)cc1. The van der Waals surface area contributed by atoms with Gasteiger partial charge in [-0.1, -0.05) is 0 Å². The monoisotopic (exact) mass is 243 g/mol. The molecule has 0 radical (unpaired) electrons. The van der Waals surface area contributed by atoms with Gasteiger partial charge in [0, 0.05) is 0 Å². The van der Waals surface area contributed by atoms with E-state index < -0.39 is 0 Å². The molecular weight excluding hydrogens is 229 g/mol. The van der Waals surface area contributed by atoms with E-state index in [9.17, 15) is 0 Å². The molecule has 1 aromatic rings. The molecule has 0 amide bonds. The van der Waals surface area contributed by atoms with E-state index in [-0.39, 0.29) is 0 Å². The van der Waals surface area contributed by atoms with Gasteiger partial charge in [0.15, 0.2) is 0 Å². The molecular formula is C10H13NOSe. The van der Waals surface area contributed by atoms with Crippen molar-refractivity contribution in [3.63, 3.8) is 0 Å². The van der Waals surface area contributed by atoms with E-state index in [4.69, 9.17) is 4.74 Å². The van der Waals surface area contributed by atoms with Crippen molar-refractivity contribution >= 4 is 20.1 Å². The average Bonchev–Trinajstić information content (AvgIpc) is 2.17. The van der Waals surface area contributed by atoms with Crippen molar-refractivity contribution in [1.82, 2.24) is 4.90 Å². The number of hydrogen-bond donors (Lipinski definition) is 0. The van der Waals surface area contributed by atoms with Gasteiger partial charge in [-0.15, -0.1) is 0 Å². The van der Waals surface area contributed by atoms with Crippen molar-refractivity contribution < 1.29 is 4.74 Å². The first kappa shape index (κ1) is 10.3. The van der Waals surface area contributed by atoms with Crippen molar-refractivity contribution in [2.45, 2.75) is 0 Å². The van der Waals surface area contributed by atoms with E-state index in [0.717, 1.165) is 10.3 Å². The van der Waals surface area contributed by atoms with E-state index >= 15 is 0 Å². The fourth-order valence-corrected chi connectivity index (χ4v) is 1.28. The van der Waals surface area contributed by atoms with E-state index in [1.54, 1.807) is 7.11 Å². The molecule has 0 saturated carbocycles. The van der Waals surface area contributed by atoms with Crippen LogP contribution >= 0.6 is 0 Å². The zero-order valence-electron chi connectivity index (χ0n) is 8.07. The molecule has 3 heteroatoms. The van der Waals surface area contributed by atoms with Crippen LogP contribution in [0.4, 0.5) is 0 Å². The normalized spacial score (nSPS) is 9.46. The third-order valence-corrected chi connectivity index (χ3v) is 3.00. The molecule has 0 aromatic heterocycles.